The van der Waals surface area contributed by atoms with Crippen molar-refractivity contribution >= 4 is 17.2 Å². The van der Waals surface area contributed by atoms with Crippen LogP contribution in [0.1, 0.15) is 28.2 Å². The number of thiazole rings is 1. The van der Waals surface area contributed by atoms with Gasteiger partial charge in [-0.2, -0.15) is 0 Å². The molecule has 33 heavy (non-hydrogen) atoms. The number of aryl methyl sites for hydroxylation is 1. The van der Waals surface area contributed by atoms with Gasteiger partial charge in [-0.1, -0.05) is 29.8 Å². The summed E-state index contributed by atoms with van der Waals surface area (Å²) in [5.74, 6) is 1.85. The van der Waals surface area contributed by atoms with Crippen molar-refractivity contribution in [3.05, 3.63) is 75.7 Å². The number of hydrogen-bond acceptors (Lipinski definition) is 6. The van der Waals surface area contributed by atoms with Gasteiger partial charge in [0, 0.05) is 38.1 Å². The number of nitrogens with zero attached hydrogens (tertiary/aromatic N) is 3. The van der Waals surface area contributed by atoms with Gasteiger partial charge in [-0.25, -0.2) is 4.98 Å². The highest BCUT2D eigenvalue weighted by Gasteiger charge is 2.20. The zero-order chi connectivity index (χ0) is 23.0. The van der Waals surface area contributed by atoms with Crippen LogP contribution in [-0.2, 0) is 24.4 Å². The van der Waals surface area contributed by atoms with Gasteiger partial charge in [0.05, 0.1) is 19.2 Å². The van der Waals surface area contributed by atoms with Crippen LogP contribution in [0.2, 0.25) is 0 Å². The summed E-state index contributed by atoms with van der Waals surface area (Å²) in [5.41, 5.74) is 3.29. The fourth-order valence-electron chi connectivity index (χ4n) is 3.91. The van der Waals surface area contributed by atoms with Crippen LogP contribution in [0, 0.1) is 6.92 Å². The predicted molar refractivity (Wildman–Crippen MR) is 131 cm³/mol. The van der Waals surface area contributed by atoms with Gasteiger partial charge in [-0.15, -0.1) is 11.3 Å². The molecular formula is C26H31N3O3S. The topological polar surface area (TPSA) is 54.9 Å². The summed E-state index contributed by atoms with van der Waals surface area (Å²) in [6.45, 7) is 6.79. The summed E-state index contributed by atoms with van der Waals surface area (Å²) in [6.07, 6.45) is 1.33. The molecule has 0 bridgehead atoms. The molecule has 6 nitrogen and oxygen atoms in total. The molecule has 7 heteroatoms. The molecule has 0 aliphatic carbocycles. The predicted octanol–water partition coefficient (Wildman–Crippen LogP) is 4.32. The van der Waals surface area contributed by atoms with E-state index in [0.29, 0.717) is 13.0 Å². The Labute approximate surface area is 199 Å². The van der Waals surface area contributed by atoms with Gasteiger partial charge in [-0.3, -0.25) is 9.69 Å². The first kappa shape index (κ1) is 23.3. The number of carbonyl (C=O) groups is 1. The molecule has 1 saturated heterocycles. The van der Waals surface area contributed by atoms with Gasteiger partial charge in [-0.05, 0) is 43.2 Å². The van der Waals surface area contributed by atoms with E-state index in [1.54, 1.807) is 18.4 Å². The Hall–Kier alpha value is -2.90. The molecule has 1 amide bonds. The molecule has 2 heterocycles. The number of aromatic nitrogens is 1. The van der Waals surface area contributed by atoms with Crippen molar-refractivity contribution in [3.63, 3.8) is 0 Å². The normalized spacial score (nSPS) is 14.7. The lowest BCUT2D eigenvalue weighted by atomic mass is 10.2. The van der Waals surface area contributed by atoms with E-state index >= 15 is 0 Å². The highest BCUT2D eigenvalue weighted by atomic mass is 32.1. The largest absolute Gasteiger partial charge is 0.497 e. The van der Waals surface area contributed by atoms with Gasteiger partial charge in [0.1, 0.15) is 23.1 Å². The molecule has 1 aliphatic rings. The second-order valence-electron chi connectivity index (χ2n) is 8.37. The molecule has 0 N–H and O–H groups in total. The average molecular weight is 466 g/mol. The van der Waals surface area contributed by atoms with Crippen LogP contribution in [0.25, 0.3) is 0 Å². The van der Waals surface area contributed by atoms with Gasteiger partial charge in [0.2, 0.25) is 5.91 Å². The minimum atomic E-state index is 0.151. The van der Waals surface area contributed by atoms with E-state index in [4.69, 9.17) is 9.47 Å². The Balaban J connectivity index is 1.24. The van der Waals surface area contributed by atoms with Crippen molar-refractivity contribution in [2.45, 2.75) is 32.9 Å². The molecular weight excluding hydrogens is 434 g/mol. The van der Waals surface area contributed by atoms with Crippen molar-refractivity contribution < 1.29 is 14.3 Å². The van der Waals surface area contributed by atoms with Crippen LogP contribution >= 0.6 is 11.3 Å². The summed E-state index contributed by atoms with van der Waals surface area (Å²) in [5, 5.41) is 2.86. The van der Waals surface area contributed by atoms with E-state index in [0.717, 1.165) is 61.3 Å². The number of carbonyl (C=O) groups excluding carboxylic acids is 1. The number of amides is 1. The number of rotatable bonds is 8. The van der Waals surface area contributed by atoms with Crippen LogP contribution in [0.4, 0.5) is 0 Å². The molecule has 2 aromatic carbocycles. The van der Waals surface area contributed by atoms with Crippen molar-refractivity contribution in [2.24, 2.45) is 0 Å². The number of hydrogen-bond donors (Lipinski definition) is 0. The molecule has 3 aromatic rings. The van der Waals surface area contributed by atoms with Gasteiger partial charge >= 0.3 is 0 Å². The minimum absolute atomic E-state index is 0.151. The van der Waals surface area contributed by atoms with Crippen molar-refractivity contribution in [2.75, 3.05) is 33.3 Å². The highest BCUT2D eigenvalue weighted by molar-refractivity contribution is 7.09. The summed E-state index contributed by atoms with van der Waals surface area (Å²) < 4.78 is 11.1. The Morgan fingerprint density at radius 1 is 1.00 bits per heavy atom. The lowest BCUT2D eigenvalue weighted by Crippen LogP contribution is -2.36. The third kappa shape index (κ3) is 6.79. The third-order valence-corrected chi connectivity index (χ3v) is 6.69. The van der Waals surface area contributed by atoms with E-state index in [1.165, 1.54) is 11.1 Å². The van der Waals surface area contributed by atoms with Crippen LogP contribution < -0.4 is 9.47 Å². The summed E-state index contributed by atoms with van der Waals surface area (Å²) in [7, 11) is 1.68. The molecule has 1 aliphatic heterocycles. The monoisotopic (exact) mass is 465 g/mol. The molecule has 0 spiro atoms. The van der Waals surface area contributed by atoms with Gasteiger partial charge in [0.15, 0.2) is 0 Å². The molecule has 0 radical (unpaired) electrons. The molecule has 0 saturated carbocycles. The standard InChI is InChI=1S/C26H31N3O3S/c1-20-4-8-24(9-5-20)32-18-25-27-22(19-33-25)16-26(30)29-13-3-12-28(14-15-29)17-21-6-10-23(31-2)11-7-21/h4-11,19H,3,12-18H2,1-2H3. The molecule has 0 unspecified atom stereocenters. The Bertz CT molecular complexity index is 1030. The Kier molecular flexibility index (Phi) is 7.96. The van der Waals surface area contributed by atoms with E-state index < -0.39 is 0 Å². The van der Waals surface area contributed by atoms with Gasteiger partial charge in [0.25, 0.3) is 0 Å². The molecule has 1 fully saturated rings. The van der Waals surface area contributed by atoms with Crippen LogP contribution in [0.3, 0.4) is 0 Å². The van der Waals surface area contributed by atoms with E-state index in [-0.39, 0.29) is 5.91 Å². The Morgan fingerprint density at radius 2 is 1.76 bits per heavy atom. The zero-order valence-corrected chi connectivity index (χ0v) is 20.1. The quantitative estimate of drug-likeness (QED) is 0.496. The van der Waals surface area contributed by atoms with Gasteiger partial charge < -0.3 is 14.4 Å². The second kappa shape index (κ2) is 11.3. The lowest BCUT2D eigenvalue weighted by Gasteiger charge is -2.22. The number of benzene rings is 2. The molecule has 1 aromatic heterocycles. The first-order valence-electron chi connectivity index (χ1n) is 11.3. The first-order chi connectivity index (χ1) is 16.1. The first-order valence-corrected chi connectivity index (χ1v) is 12.2. The summed E-state index contributed by atoms with van der Waals surface area (Å²) in [4.78, 5) is 21.9. The van der Waals surface area contributed by atoms with E-state index in [9.17, 15) is 4.79 Å². The molecule has 0 atom stereocenters. The molecule has 174 valence electrons. The van der Waals surface area contributed by atoms with Crippen molar-refractivity contribution in [1.29, 1.82) is 0 Å². The second-order valence-corrected chi connectivity index (χ2v) is 9.31. The SMILES string of the molecule is COc1ccc(CN2CCCN(C(=O)Cc3csc(COc4ccc(C)cc4)n3)CC2)cc1. The maximum Gasteiger partial charge on any atom is 0.228 e. The lowest BCUT2D eigenvalue weighted by molar-refractivity contribution is -0.130. The fraction of sp³-hybridized carbons (Fsp3) is 0.385. The summed E-state index contributed by atoms with van der Waals surface area (Å²) in [6, 6.07) is 16.2. The fourth-order valence-corrected chi connectivity index (χ4v) is 4.62. The highest BCUT2D eigenvalue weighted by Crippen LogP contribution is 2.18. The van der Waals surface area contributed by atoms with E-state index in [1.807, 2.05) is 46.7 Å². The van der Waals surface area contributed by atoms with Crippen molar-refractivity contribution in [1.82, 2.24) is 14.8 Å². The number of ether oxygens (including phenoxy) is 2. The molecule has 4 rings (SSSR count). The van der Waals surface area contributed by atoms with Crippen LogP contribution in [-0.4, -0.2) is 54.0 Å². The van der Waals surface area contributed by atoms with Crippen LogP contribution in [0.5, 0.6) is 11.5 Å². The third-order valence-electron chi connectivity index (χ3n) is 5.82. The smallest absolute Gasteiger partial charge is 0.228 e. The number of methoxy groups -OCH3 is 1. The summed E-state index contributed by atoms with van der Waals surface area (Å²) >= 11 is 1.54. The maximum absolute atomic E-state index is 12.9. The van der Waals surface area contributed by atoms with Crippen molar-refractivity contribution in [3.8, 4) is 11.5 Å². The maximum atomic E-state index is 12.9. The Morgan fingerprint density at radius 3 is 2.52 bits per heavy atom. The zero-order valence-electron chi connectivity index (χ0n) is 19.3. The average Bonchev–Trinajstić information content (AvgIpc) is 3.14. The van der Waals surface area contributed by atoms with E-state index in [2.05, 4.69) is 28.9 Å². The minimum Gasteiger partial charge on any atom is -0.497 e. The van der Waals surface area contributed by atoms with Crippen LogP contribution in [0.15, 0.2) is 53.9 Å².